The van der Waals surface area contributed by atoms with E-state index in [1.54, 1.807) is 4.90 Å². The molecule has 2 heterocycles. The van der Waals surface area contributed by atoms with Crippen LogP contribution in [0.4, 0.5) is 0 Å². The van der Waals surface area contributed by atoms with Crippen molar-refractivity contribution in [2.75, 3.05) is 39.9 Å². The molecule has 148 valence electrons. The number of carboxylic acid groups (broad SMARTS) is 1. The highest BCUT2D eigenvalue weighted by Crippen LogP contribution is 2.32. The van der Waals surface area contributed by atoms with Gasteiger partial charge >= 0.3 is 5.97 Å². The Balaban J connectivity index is 2.05. The minimum Gasteiger partial charge on any atom is -0.481 e. The van der Waals surface area contributed by atoms with E-state index in [4.69, 9.17) is 4.74 Å². The van der Waals surface area contributed by atoms with E-state index in [-0.39, 0.29) is 36.8 Å². The minimum absolute atomic E-state index is 0.0203. The highest BCUT2D eigenvalue weighted by Gasteiger charge is 2.45. The second-order valence-electron chi connectivity index (χ2n) is 7.81. The number of hydrogen-bond donors (Lipinski definition) is 1. The van der Waals surface area contributed by atoms with Gasteiger partial charge in [0.05, 0.1) is 12.5 Å². The first-order chi connectivity index (χ1) is 12.3. The van der Waals surface area contributed by atoms with Crippen molar-refractivity contribution in [2.45, 2.75) is 46.0 Å². The van der Waals surface area contributed by atoms with Crippen molar-refractivity contribution in [1.29, 1.82) is 0 Å². The highest BCUT2D eigenvalue weighted by atomic mass is 16.5. The van der Waals surface area contributed by atoms with Crippen LogP contribution in [0, 0.1) is 17.3 Å². The maximum Gasteiger partial charge on any atom is 0.313 e. The lowest BCUT2D eigenvalue weighted by molar-refractivity contribution is -0.160. The Labute approximate surface area is 155 Å². The van der Waals surface area contributed by atoms with Gasteiger partial charge in [-0.2, -0.15) is 0 Å². The summed E-state index contributed by atoms with van der Waals surface area (Å²) in [6, 6.07) is 0. The van der Waals surface area contributed by atoms with Crippen LogP contribution in [0.15, 0.2) is 0 Å². The van der Waals surface area contributed by atoms with Crippen LogP contribution in [-0.4, -0.2) is 72.6 Å². The first-order valence-electron chi connectivity index (χ1n) is 9.64. The maximum atomic E-state index is 13.0. The van der Waals surface area contributed by atoms with E-state index in [0.29, 0.717) is 32.5 Å². The number of amides is 2. The Kier molecular flexibility index (Phi) is 7.03. The van der Waals surface area contributed by atoms with Crippen LogP contribution in [0.2, 0.25) is 0 Å². The monoisotopic (exact) mass is 368 g/mol. The average Bonchev–Trinajstić information content (AvgIpc) is 2.66. The molecule has 2 rings (SSSR count). The first kappa shape index (κ1) is 20.7. The number of ether oxygens (including phenoxy) is 1. The smallest absolute Gasteiger partial charge is 0.313 e. The summed E-state index contributed by atoms with van der Waals surface area (Å²) in [7, 11) is 1.49. The summed E-state index contributed by atoms with van der Waals surface area (Å²) < 4.78 is 5.14. The zero-order chi connectivity index (χ0) is 19.3. The van der Waals surface area contributed by atoms with E-state index in [1.165, 1.54) is 7.11 Å². The van der Waals surface area contributed by atoms with Crippen molar-refractivity contribution in [1.82, 2.24) is 9.80 Å². The number of carbonyl (C=O) groups is 3. The quantitative estimate of drug-likeness (QED) is 0.770. The molecular formula is C19H32N2O5. The fourth-order valence-electron chi connectivity index (χ4n) is 4.07. The molecule has 0 bridgehead atoms. The van der Waals surface area contributed by atoms with Crippen molar-refractivity contribution in [3.8, 4) is 0 Å². The van der Waals surface area contributed by atoms with Gasteiger partial charge in [0.1, 0.15) is 5.41 Å². The number of rotatable bonds is 6. The molecular weight excluding hydrogens is 336 g/mol. The molecule has 2 aliphatic rings. The lowest BCUT2D eigenvalue weighted by Gasteiger charge is -2.42. The number of carbonyl (C=O) groups excluding carboxylic acids is 2. The summed E-state index contributed by atoms with van der Waals surface area (Å²) in [6.45, 7) is 5.93. The van der Waals surface area contributed by atoms with E-state index in [0.717, 1.165) is 19.3 Å². The molecule has 2 fully saturated rings. The van der Waals surface area contributed by atoms with E-state index in [1.807, 2.05) is 18.7 Å². The molecule has 7 nitrogen and oxygen atoms in total. The van der Waals surface area contributed by atoms with Gasteiger partial charge in [0.25, 0.3) is 0 Å². The summed E-state index contributed by atoms with van der Waals surface area (Å²) >= 11 is 0. The van der Waals surface area contributed by atoms with Crippen molar-refractivity contribution in [3.63, 3.8) is 0 Å². The van der Waals surface area contributed by atoms with Gasteiger partial charge in [-0.3, -0.25) is 14.4 Å². The van der Waals surface area contributed by atoms with Crippen molar-refractivity contribution in [2.24, 2.45) is 17.3 Å². The summed E-state index contributed by atoms with van der Waals surface area (Å²) in [5.41, 5.74) is -1.02. The molecule has 7 heteroatoms. The summed E-state index contributed by atoms with van der Waals surface area (Å²) in [5.74, 6) is -1.07. The Morgan fingerprint density at radius 3 is 2.54 bits per heavy atom. The fraction of sp³-hybridized carbons (Fsp3) is 0.842. The van der Waals surface area contributed by atoms with Crippen LogP contribution in [-0.2, 0) is 19.1 Å². The maximum absolute atomic E-state index is 13.0. The number of hydrogen-bond acceptors (Lipinski definition) is 4. The predicted molar refractivity (Wildman–Crippen MR) is 96.5 cm³/mol. The van der Waals surface area contributed by atoms with Gasteiger partial charge in [-0.05, 0) is 32.1 Å². The molecule has 0 aliphatic carbocycles. The van der Waals surface area contributed by atoms with Gasteiger partial charge in [0.15, 0.2) is 0 Å². The Morgan fingerprint density at radius 1 is 1.23 bits per heavy atom. The number of methoxy groups -OCH3 is 1. The molecule has 0 saturated carbocycles. The molecule has 3 atom stereocenters. The zero-order valence-corrected chi connectivity index (χ0v) is 16.2. The Morgan fingerprint density at radius 2 is 1.92 bits per heavy atom. The normalized spacial score (nSPS) is 27.9. The molecule has 0 radical (unpaired) electrons. The third-order valence-corrected chi connectivity index (χ3v) is 5.88. The topological polar surface area (TPSA) is 87.2 Å². The van der Waals surface area contributed by atoms with Gasteiger partial charge in [0.2, 0.25) is 11.8 Å². The molecule has 0 aromatic rings. The second-order valence-corrected chi connectivity index (χ2v) is 7.81. The standard InChI is InChI=1S/C19H32N2O5/c1-4-14(2)16(22)20-9-5-7-15(11-20)17(23)21-10-6-8-19(12-21,13-26-3)18(24)25/h14-15H,4-13H2,1-3H3,(H,24,25). The highest BCUT2D eigenvalue weighted by molar-refractivity contribution is 5.83. The molecule has 2 aliphatic heterocycles. The fourth-order valence-corrected chi connectivity index (χ4v) is 4.07. The summed E-state index contributed by atoms with van der Waals surface area (Å²) in [4.78, 5) is 40.8. The number of carboxylic acids is 1. The lowest BCUT2D eigenvalue weighted by Crippen LogP contribution is -2.55. The molecule has 3 unspecified atom stereocenters. The van der Waals surface area contributed by atoms with Gasteiger partial charge in [-0.15, -0.1) is 0 Å². The Bertz CT molecular complexity index is 534. The number of piperidine rings is 2. The van der Waals surface area contributed by atoms with Crippen molar-refractivity contribution in [3.05, 3.63) is 0 Å². The van der Waals surface area contributed by atoms with Crippen LogP contribution < -0.4 is 0 Å². The molecule has 26 heavy (non-hydrogen) atoms. The van der Waals surface area contributed by atoms with E-state index >= 15 is 0 Å². The number of nitrogens with zero attached hydrogens (tertiary/aromatic N) is 2. The third-order valence-electron chi connectivity index (χ3n) is 5.88. The molecule has 0 aromatic carbocycles. The van der Waals surface area contributed by atoms with E-state index < -0.39 is 11.4 Å². The average molecular weight is 368 g/mol. The van der Waals surface area contributed by atoms with Gasteiger partial charge in [0, 0.05) is 39.2 Å². The zero-order valence-electron chi connectivity index (χ0n) is 16.2. The molecule has 0 spiro atoms. The van der Waals surface area contributed by atoms with Crippen molar-refractivity contribution < 1.29 is 24.2 Å². The SMILES string of the molecule is CCC(C)C(=O)N1CCCC(C(=O)N2CCCC(COC)(C(=O)O)C2)C1. The molecule has 0 aromatic heterocycles. The third kappa shape index (κ3) is 4.37. The molecule has 2 saturated heterocycles. The second kappa shape index (κ2) is 8.84. The van der Waals surface area contributed by atoms with Crippen LogP contribution in [0.3, 0.4) is 0 Å². The van der Waals surface area contributed by atoms with Gasteiger partial charge < -0.3 is 19.6 Å². The van der Waals surface area contributed by atoms with E-state index in [2.05, 4.69) is 0 Å². The molecule has 1 N–H and O–H groups in total. The molecule has 2 amide bonds. The van der Waals surface area contributed by atoms with Crippen LogP contribution >= 0.6 is 0 Å². The first-order valence-corrected chi connectivity index (χ1v) is 9.64. The van der Waals surface area contributed by atoms with Gasteiger partial charge in [-0.25, -0.2) is 0 Å². The van der Waals surface area contributed by atoms with Crippen LogP contribution in [0.5, 0.6) is 0 Å². The summed E-state index contributed by atoms with van der Waals surface area (Å²) in [5, 5.41) is 9.66. The number of likely N-dealkylation sites (tertiary alicyclic amines) is 2. The van der Waals surface area contributed by atoms with Crippen LogP contribution in [0.1, 0.15) is 46.0 Å². The number of aliphatic carboxylic acids is 1. The predicted octanol–water partition coefficient (Wildman–Crippen LogP) is 1.61. The van der Waals surface area contributed by atoms with E-state index in [9.17, 15) is 19.5 Å². The summed E-state index contributed by atoms with van der Waals surface area (Å²) in [6.07, 6.45) is 3.53. The Hall–Kier alpha value is -1.63. The van der Waals surface area contributed by atoms with Crippen LogP contribution in [0.25, 0.3) is 0 Å². The largest absolute Gasteiger partial charge is 0.481 e. The van der Waals surface area contributed by atoms with Gasteiger partial charge in [-0.1, -0.05) is 13.8 Å². The lowest BCUT2D eigenvalue weighted by atomic mass is 9.80. The van der Waals surface area contributed by atoms with Crippen molar-refractivity contribution >= 4 is 17.8 Å². The minimum atomic E-state index is -1.02.